The van der Waals surface area contributed by atoms with E-state index in [0.717, 1.165) is 12.1 Å². The Morgan fingerprint density at radius 2 is 1.80 bits per heavy atom. The number of rotatable bonds is 5. The van der Waals surface area contributed by atoms with Crippen molar-refractivity contribution in [2.75, 3.05) is 6.61 Å². The Hall–Kier alpha value is -2.82. The van der Waals surface area contributed by atoms with Crippen molar-refractivity contribution in [2.24, 2.45) is 0 Å². The summed E-state index contributed by atoms with van der Waals surface area (Å²) in [6, 6.07) is 9.06. The molecule has 188 valence electrons. The van der Waals surface area contributed by atoms with Crippen LogP contribution in [0.2, 0.25) is 5.02 Å². The monoisotopic (exact) mass is 512 g/mol. The first-order valence-corrected chi connectivity index (χ1v) is 11.5. The molecule has 2 aromatic carbocycles. The van der Waals surface area contributed by atoms with Crippen molar-refractivity contribution >= 4 is 23.4 Å². The average molecular weight is 513 g/mol. The van der Waals surface area contributed by atoms with Gasteiger partial charge < -0.3 is 25.2 Å². The molecule has 0 aromatic heterocycles. The molecule has 2 unspecified atom stereocenters. The lowest BCUT2D eigenvalue weighted by atomic mass is 9.98. The fraction of sp³-hybridized carbons (Fsp3) is 0.417. The highest BCUT2D eigenvalue weighted by Gasteiger charge is 2.35. The Bertz CT molecular complexity index is 1070. The van der Waals surface area contributed by atoms with Crippen LogP contribution in [-0.2, 0) is 27.0 Å². The number of nitrogens with one attached hydrogen (secondary N) is 2. The molecule has 2 aliphatic rings. The molecular formula is C24H24ClF3N2O5. The van der Waals surface area contributed by atoms with Gasteiger partial charge in [0.25, 0.3) is 5.91 Å². The summed E-state index contributed by atoms with van der Waals surface area (Å²) >= 11 is 5.95. The van der Waals surface area contributed by atoms with Gasteiger partial charge in [0.2, 0.25) is 5.91 Å². The molecule has 1 fully saturated rings. The minimum absolute atomic E-state index is 0.0744. The molecule has 0 aliphatic carbocycles. The molecule has 7 nitrogen and oxygen atoms in total. The van der Waals surface area contributed by atoms with E-state index in [1.54, 1.807) is 18.2 Å². The Kier molecular flexibility index (Phi) is 7.53. The van der Waals surface area contributed by atoms with E-state index in [1.807, 2.05) is 0 Å². The molecular weight excluding hydrogens is 489 g/mol. The topological polar surface area (TPSA) is 96.9 Å². The quantitative estimate of drug-likeness (QED) is 0.569. The maximum atomic E-state index is 12.7. The number of benzene rings is 2. The largest absolute Gasteiger partial charge is 0.480 e. The Morgan fingerprint density at radius 1 is 1.06 bits per heavy atom. The first-order valence-electron chi connectivity index (χ1n) is 11.1. The molecule has 0 saturated carbocycles. The van der Waals surface area contributed by atoms with Crippen molar-refractivity contribution in [3.8, 4) is 5.75 Å². The molecule has 1 saturated heterocycles. The molecule has 2 heterocycles. The molecule has 2 amide bonds. The zero-order valence-electron chi connectivity index (χ0n) is 18.5. The summed E-state index contributed by atoms with van der Waals surface area (Å²) in [6.07, 6.45) is -5.95. The summed E-state index contributed by atoms with van der Waals surface area (Å²) in [5.74, 6) is -0.356. The van der Waals surface area contributed by atoms with Gasteiger partial charge in [-0.15, -0.1) is 0 Å². The SMILES string of the molecule is O=C(N[C@@H]1CC[C@@H](C(=O)NCc2ccc(C(F)(F)F)cc2)OC1)C1CC(O)c2cc(Cl)ccc2O1. The van der Waals surface area contributed by atoms with E-state index in [2.05, 4.69) is 10.6 Å². The fourth-order valence-electron chi connectivity index (χ4n) is 4.06. The number of hydrogen-bond acceptors (Lipinski definition) is 5. The second-order valence-corrected chi connectivity index (χ2v) is 8.99. The summed E-state index contributed by atoms with van der Waals surface area (Å²) in [5, 5.41) is 16.3. The molecule has 4 rings (SSSR count). The van der Waals surface area contributed by atoms with Gasteiger partial charge in [0.15, 0.2) is 6.10 Å². The first-order chi connectivity index (χ1) is 16.6. The van der Waals surface area contributed by atoms with E-state index in [0.29, 0.717) is 34.7 Å². The minimum Gasteiger partial charge on any atom is -0.480 e. The zero-order chi connectivity index (χ0) is 25.2. The lowest BCUT2D eigenvalue weighted by molar-refractivity contribution is -0.139. The molecule has 0 bridgehead atoms. The van der Waals surface area contributed by atoms with Crippen molar-refractivity contribution < 1.29 is 37.3 Å². The van der Waals surface area contributed by atoms with Crippen LogP contribution in [-0.4, -0.2) is 41.8 Å². The van der Waals surface area contributed by atoms with Gasteiger partial charge in [0, 0.05) is 23.6 Å². The molecule has 3 N–H and O–H groups in total. The van der Waals surface area contributed by atoms with Gasteiger partial charge in [0.1, 0.15) is 11.9 Å². The van der Waals surface area contributed by atoms with E-state index < -0.39 is 30.1 Å². The number of ether oxygens (including phenoxy) is 2. The van der Waals surface area contributed by atoms with Crippen molar-refractivity contribution in [3.63, 3.8) is 0 Å². The van der Waals surface area contributed by atoms with E-state index in [9.17, 15) is 27.9 Å². The maximum Gasteiger partial charge on any atom is 0.416 e. The second-order valence-electron chi connectivity index (χ2n) is 8.56. The number of alkyl halides is 3. The first kappa shape index (κ1) is 25.3. The van der Waals surface area contributed by atoms with Gasteiger partial charge >= 0.3 is 6.18 Å². The van der Waals surface area contributed by atoms with Gasteiger partial charge in [-0.3, -0.25) is 9.59 Å². The maximum absolute atomic E-state index is 12.7. The zero-order valence-corrected chi connectivity index (χ0v) is 19.2. The Morgan fingerprint density at radius 3 is 2.46 bits per heavy atom. The van der Waals surface area contributed by atoms with Crippen LogP contribution in [0.15, 0.2) is 42.5 Å². The lowest BCUT2D eigenvalue weighted by Gasteiger charge is -2.32. The van der Waals surface area contributed by atoms with Crippen LogP contribution >= 0.6 is 11.6 Å². The number of amides is 2. The van der Waals surface area contributed by atoms with Crippen LogP contribution in [0.5, 0.6) is 5.75 Å². The molecule has 0 spiro atoms. The van der Waals surface area contributed by atoms with Crippen molar-refractivity contribution in [1.82, 2.24) is 10.6 Å². The third kappa shape index (κ3) is 6.25. The van der Waals surface area contributed by atoms with Crippen LogP contribution in [0.25, 0.3) is 0 Å². The van der Waals surface area contributed by atoms with E-state index >= 15 is 0 Å². The highest BCUT2D eigenvalue weighted by atomic mass is 35.5. The van der Waals surface area contributed by atoms with E-state index in [-0.39, 0.29) is 37.4 Å². The van der Waals surface area contributed by atoms with Crippen LogP contribution in [0.1, 0.15) is 42.1 Å². The predicted molar refractivity (Wildman–Crippen MR) is 120 cm³/mol. The third-order valence-corrected chi connectivity index (χ3v) is 6.23. The fourth-order valence-corrected chi connectivity index (χ4v) is 4.24. The summed E-state index contributed by atoms with van der Waals surface area (Å²) in [4.78, 5) is 25.1. The highest BCUT2D eigenvalue weighted by Crippen LogP contribution is 2.36. The van der Waals surface area contributed by atoms with E-state index in [4.69, 9.17) is 21.1 Å². The van der Waals surface area contributed by atoms with Crippen LogP contribution < -0.4 is 15.4 Å². The van der Waals surface area contributed by atoms with E-state index in [1.165, 1.54) is 12.1 Å². The lowest BCUT2D eigenvalue weighted by Crippen LogP contribution is -2.51. The smallest absolute Gasteiger partial charge is 0.416 e. The summed E-state index contributed by atoms with van der Waals surface area (Å²) < 4.78 is 49.3. The number of aliphatic hydroxyl groups is 1. The number of carbonyl (C=O) groups is 2. The highest BCUT2D eigenvalue weighted by molar-refractivity contribution is 6.30. The van der Waals surface area contributed by atoms with Crippen molar-refractivity contribution in [3.05, 3.63) is 64.2 Å². The minimum atomic E-state index is -4.41. The van der Waals surface area contributed by atoms with Crippen LogP contribution in [0, 0.1) is 0 Å². The van der Waals surface area contributed by atoms with Crippen LogP contribution in [0.3, 0.4) is 0 Å². The molecule has 2 aromatic rings. The average Bonchev–Trinajstić information content (AvgIpc) is 2.83. The molecule has 2 aliphatic heterocycles. The van der Waals surface area contributed by atoms with Gasteiger partial charge in [-0.05, 0) is 48.7 Å². The summed E-state index contributed by atoms with van der Waals surface area (Å²) in [7, 11) is 0. The number of hydrogen-bond donors (Lipinski definition) is 3. The molecule has 4 atom stereocenters. The van der Waals surface area contributed by atoms with Gasteiger partial charge in [0.05, 0.1) is 24.3 Å². The second kappa shape index (κ2) is 10.4. The normalized spacial score (nSPS) is 24.1. The molecule has 11 heteroatoms. The Balaban J connectivity index is 1.22. The van der Waals surface area contributed by atoms with Crippen LogP contribution in [0.4, 0.5) is 13.2 Å². The number of halogens is 4. The summed E-state index contributed by atoms with van der Waals surface area (Å²) in [6.45, 7) is 0.191. The third-order valence-electron chi connectivity index (χ3n) is 5.99. The van der Waals surface area contributed by atoms with Gasteiger partial charge in [-0.1, -0.05) is 23.7 Å². The number of aliphatic hydroxyl groups excluding tert-OH is 1. The molecule has 35 heavy (non-hydrogen) atoms. The van der Waals surface area contributed by atoms with Crippen molar-refractivity contribution in [1.29, 1.82) is 0 Å². The standard InChI is InChI=1S/C24H24ClF3N2O5/c25-15-5-7-19-17(9-15)18(31)10-21(35-19)23(33)30-16-6-8-20(34-12-16)22(32)29-11-13-1-3-14(4-2-13)24(26,27)28/h1-5,7,9,16,18,20-21,31H,6,8,10-12H2,(H,29,32)(H,30,33)/t16-,18?,20+,21?/m1/s1. The number of carbonyl (C=O) groups excluding carboxylic acids is 2. The van der Waals surface area contributed by atoms with Crippen molar-refractivity contribution in [2.45, 2.75) is 56.3 Å². The summed E-state index contributed by atoms with van der Waals surface area (Å²) in [5.41, 5.74) is 0.316. The Labute approximate surface area is 204 Å². The molecule has 0 radical (unpaired) electrons. The predicted octanol–water partition coefficient (Wildman–Crippen LogP) is 3.52. The number of fused-ring (bicyclic) bond motifs is 1. The van der Waals surface area contributed by atoms with Gasteiger partial charge in [-0.25, -0.2) is 0 Å². The van der Waals surface area contributed by atoms with Gasteiger partial charge in [-0.2, -0.15) is 13.2 Å².